The molecule has 1 heterocycles. The van der Waals surface area contributed by atoms with Crippen LogP contribution in [-0.4, -0.2) is 48.9 Å². The molecular weight excluding hydrogens is 310 g/mol. The monoisotopic (exact) mass is 335 g/mol. The molecule has 1 unspecified atom stereocenters. The largest absolute Gasteiger partial charge is 0.491 e. The zero-order valence-electron chi connectivity index (χ0n) is 14.9. The summed E-state index contributed by atoms with van der Waals surface area (Å²) in [6.45, 7) is 8.41. The van der Waals surface area contributed by atoms with E-state index in [1.54, 1.807) is 17.0 Å². The Morgan fingerprint density at radius 2 is 2.00 bits per heavy atom. The van der Waals surface area contributed by atoms with Gasteiger partial charge >= 0.3 is 12.1 Å². The van der Waals surface area contributed by atoms with Crippen molar-refractivity contribution in [3.8, 4) is 5.75 Å². The summed E-state index contributed by atoms with van der Waals surface area (Å²) in [5, 5.41) is 0. The minimum atomic E-state index is -0.509. The van der Waals surface area contributed by atoms with Crippen molar-refractivity contribution in [2.75, 3.05) is 20.3 Å². The number of nitrogens with zero attached hydrogens (tertiary/aromatic N) is 1. The van der Waals surface area contributed by atoms with Crippen molar-refractivity contribution in [2.24, 2.45) is 0 Å². The Kier molecular flexibility index (Phi) is 5.36. The number of methoxy groups -OCH3 is 1. The van der Waals surface area contributed by atoms with E-state index in [1.807, 2.05) is 33.8 Å². The number of carbonyl (C=O) groups is 2. The average molecular weight is 335 g/mol. The highest BCUT2D eigenvalue weighted by atomic mass is 16.6. The molecule has 1 atom stereocenters. The summed E-state index contributed by atoms with van der Waals surface area (Å²) in [4.78, 5) is 25.5. The third-order valence-corrected chi connectivity index (χ3v) is 3.83. The van der Waals surface area contributed by atoms with Gasteiger partial charge in [-0.2, -0.15) is 0 Å². The fraction of sp³-hybridized carbons (Fsp3) is 0.556. The number of hydrogen-bond donors (Lipinski definition) is 0. The Hall–Kier alpha value is -2.24. The molecule has 1 aliphatic heterocycles. The second-order valence-electron chi connectivity index (χ2n) is 6.90. The molecule has 6 heteroatoms. The molecule has 1 amide bonds. The maximum absolute atomic E-state index is 12.1. The van der Waals surface area contributed by atoms with E-state index in [0.717, 1.165) is 12.0 Å². The van der Waals surface area contributed by atoms with Gasteiger partial charge in [-0.05, 0) is 51.8 Å². The molecule has 1 fully saturated rings. The highest BCUT2D eigenvalue weighted by Crippen LogP contribution is 2.24. The zero-order chi connectivity index (χ0) is 17.9. The number of ether oxygens (including phenoxy) is 3. The fourth-order valence-electron chi connectivity index (χ4n) is 2.39. The molecule has 1 aliphatic rings. The van der Waals surface area contributed by atoms with Crippen LogP contribution in [0.5, 0.6) is 5.75 Å². The second-order valence-corrected chi connectivity index (χ2v) is 6.90. The van der Waals surface area contributed by atoms with Crippen LogP contribution in [0, 0.1) is 6.92 Å². The Morgan fingerprint density at radius 3 is 2.54 bits per heavy atom. The molecule has 0 aliphatic carbocycles. The van der Waals surface area contributed by atoms with Gasteiger partial charge in [-0.25, -0.2) is 9.59 Å². The third-order valence-electron chi connectivity index (χ3n) is 3.83. The first-order chi connectivity index (χ1) is 11.2. The first-order valence-electron chi connectivity index (χ1n) is 8.02. The van der Waals surface area contributed by atoms with Crippen molar-refractivity contribution < 1.29 is 23.8 Å². The van der Waals surface area contributed by atoms with Gasteiger partial charge in [-0.15, -0.1) is 0 Å². The number of amides is 1. The van der Waals surface area contributed by atoms with E-state index in [9.17, 15) is 9.59 Å². The Morgan fingerprint density at radius 1 is 1.29 bits per heavy atom. The molecule has 0 N–H and O–H groups in total. The van der Waals surface area contributed by atoms with Crippen LogP contribution in [-0.2, 0) is 9.47 Å². The quantitative estimate of drug-likeness (QED) is 0.791. The van der Waals surface area contributed by atoms with Crippen molar-refractivity contribution >= 4 is 12.1 Å². The van der Waals surface area contributed by atoms with Gasteiger partial charge in [0.1, 0.15) is 18.0 Å². The Bertz CT molecular complexity index is 620. The number of hydrogen-bond acceptors (Lipinski definition) is 5. The minimum absolute atomic E-state index is 0.0114. The third kappa shape index (κ3) is 4.40. The first kappa shape index (κ1) is 18.1. The fourth-order valence-corrected chi connectivity index (χ4v) is 2.39. The van der Waals surface area contributed by atoms with Crippen LogP contribution >= 0.6 is 0 Å². The molecule has 1 saturated heterocycles. The van der Waals surface area contributed by atoms with Gasteiger partial charge in [-0.3, -0.25) is 0 Å². The second kappa shape index (κ2) is 7.11. The predicted octanol–water partition coefficient (Wildman–Crippen LogP) is 3.17. The Balaban J connectivity index is 1.94. The highest BCUT2D eigenvalue weighted by Gasteiger charge is 2.35. The summed E-state index contributed by atoms with van der Waals surface area (Å²) in [7, 11) is 1.35. The van der Waals surface area contributed by atoms with E-state index in [0.29, 0.717) is 24.5 Å². The van der Waals surface area contributed by atoms with Gasteiger partial charge < -0.3 is 19.1 Å². The molecule has 24 heavy (non-hydrogen) atoms. The van der Waals surface area contributed by atoms with Gasteiger partial charge in [0.15, 0.2) is 0 Å². The standard InChI is InChI=1S/C18H25NO5/c1-12-6-7-14(10-15(12)16(20)22-5)23-11-13-8-9-19(13)17(21)24-18(2,3)4/h6-7,10,13H,8-9,11H2,1-5H3. The summed E-state index contributed by atoms with van der Waals surface area (Å²) in [6.07, 6.45) is 0.552. The summed E-state index contributed by atoms with van der Waals surface area (Å²) in [5.41, 5.74) is 0.797. The van der Waals surface area contributed by atoms with E-state index in [1.165, 1.54) is 7.11 Å². The number of likely N-dealkylation sites (tertiary alicyclic amines) is 1. The summed E-state index contributed by atoms with van der Waals surface area (Å²) in [6, 6.07) is 5.27. The average Bonchev–Trinajstić information content (AvgIpc) is 2.45. The molecule has 0 aromatic heterocycles. The molecule has 1 aromatic rings. The van der Waals surface area contributed by atoms with Crippen LogP contribution < -0.4 is 4.74 Å². The molecule has 6 nitrogen and oxygen atoms in total. The number of benzene rings is 1. The Labute approximate surface area is 142 Å². The lowest BCUT2D eigenvalue weighted by atomic mass is 10.1. The molecular formula is C18H25NO5. The van der Waals surface area contributed by atoms with Gasteiger partial charge in [0.05, 0.1) is 18.7 Å². The predicted molar refractivity (Wildman–Crippen MR) is 89.4 cm³/mol. The number of esters is 1. The van der Waals surface area contributed by atoms with Crippen molar-refractivity contribution in [1.82, 2.24) is 4.90 Å². The van der Waals surface area contributed by atoms with Crippen molar-refractivity contribution in [1.29, 1.82) is 0 Å². The van der Waals surface area contributed by atoms with Gasteiger partial charge in [0, 0.05) is 6.54 Å². The molecule has 132 valence electrons. The molecule has 0 saturated carbocycles. The summed E-state index contributed by atoms with van der Waals surface area (Å²) in [5.74, 6) is 0.189. The van der Waals surface area contributed by atoms with E-state index in [2.05, 4.69) is 0 Å². The van der Waals surface area contributed by atoms with Crippen LogP contribution in [0.3, 0.4) is 0 Å². The number of carbonyl (C=O) groups excluding carboxylic acids is 2. The van der Waals surface area contributed by atoms with Crippen molar-refractivity contribution in [3.05, 3.63) is 29.3 Å². The molecule has 1 aromatic carbocycles. The smallest absolute Gasteiger partial charge is 0.410 e. The van der Waals surface area contributed by atoms with Crippen LogP contribution in [0.25, 0.3) is 0 Å². The van der Waals surface area contributed by atoms with E-state index < -0.39 is 11.6 Å². The normalized spacial score (nSPS) is 17.0. The lowest BCUT2D eigenvalue weighted by Gasteiger charge is -2.41. The minimum Gasteiger partial charge on any atom is -0.491 e. The van der Waals surface area contributed by atoms with Crippen LogP contribution in [0.15, 0.2) is 18.2 Å². The van der Waals surface area contributed by atoms with Crippen LogP contribution in [0.4, 0.5) is 4.79 Å². The number of aryl methyl sites for hydroxylation is 1. The van der Waals surface area contributed by atoms with Gasteiger partial charge in [0.2, 0.25) is 0 Å². The van der Waals surface area contributed by atoms with E-state index >= 15 is 0 Å². The molecule has 2 rings (SSSR count). The molecule has 0 radical (unpaired) electrons. The lowest BCUT2D eigenvalue weighted by Crippen LogP contribution is -2.55. The van der Waals surface area contributed by atoms with E-state index in [-0.39, 0.29) is 12.1 Å². The number of rotatable bonds is 4. The van der Waals surface area contributed by atoms with Gasteiger partial charge in [-0.1, -0.05) is 6.07 Å². The maximum atomic E-state index is 12.1. The van der Waals surface area contributed by atoms with E-state index in [4.69, 9.17) is 14.2 Å². The summed E-state index contributed by atoms with van der Waals surface area (Å²) < 4.78 is 15.9. The lowest BCUT2D eigenvalue weighted by molar-refractivity contribution is -0.0141. The summed E-state index contributed by atoms with van der Waals surface area (Å²) >= 11 is 0. The zero-order valence-corrected chi connectivity index (χ0v) is 14.9. The molecule has 0 spiro atoms. The topological polar surface area (TPSA) is 65.1 Å². The SMILES string of the molecule is COC(=O)c1cc(OCC2CCN2C(=O)OC(C)(C)C)ccc1C. The molecule has 0 bridgehead atoms. The van der Waals surface area contributed by atoms with Crippen molar-refractivity contribution in [2.45, 2.75) is 45.8 Å². The van der Waals surface area contributed by atoms with Gasteiger partial charge in [0.25, 0.3) is 0 Å². The maximum Gasteiger partial charge on any atom is 0.410 e. The van der Waals surface area contributed by atoms with Crippen molar-refractivity contribution in [3.63, 3.8) is 0 Å². The first-order valence-corrected chi connectivity index (χ1v) is 8.02. The van der Waals surface area contributed by atoms with Crippen LogP contribution in [0.1, 0.15) is 43.1 Å². The van der Waals surface area contributed by atoms with Crippen LogP contribution in [0.2, 0.25) is 0 Å². The highest BCUT2D eigenvalue weighted by molar-refractivity contribution is 5.91.